The van der Waals surface area contributed by atoms with Crippen molar-refractivity contribution in [3.05, 3.63) is 108 Å². The van der Waals surface area contributed by atoms with Gasteiger partial charge >= 0.3 is 0 Å². The van der Waals surface area contributed by atoms with Crippen molar-refractivity contribution >= 4 is 29.5 Å². The summed E-state index contributed by atoms with van der Waals surface area (Å²) in [5.41, 5.74) is 8.07. The lowest BCUT2D eigenvalue weighted by Gasteiger charge is -2.23. The summed E-state index contributed by atoms with van der Waals surface area (Å²) in [7, 11) is 1.66. The molecule has 11 heteroatoms. The SMILES string of the molecule is CNC(Cc1ccccc1)C(=O)NCC(=O)NC(Cc1ccccc1)C(=O)N[C@@H](C)C(=O)NC(Cc1ccccc1)C(N)=O. The Kier molecular flexibility index (Phi) is 13.1. The van der Waals surface area contributed by atoms with Gasteiger partial charge in [-0.05, 0) is 37.1 Å². The van der Waals surface area contributed by atoms with Crippen LogP contribution >= 0.6 is 0 Å². The summed E-state index contributed by atoms with van der Waals surface area (Å²) in [6.45, 7) is 1.13. The van der Waals surface area contributed by atoms with Crippen LogP contribution in [0.5, 0.6) is 0 Å². The fourth-order valence-electron chi connectivity index (χ4n) is 4.52. The second-order valence-corrected chi connectivity index (χ2v) is 10.4. The topological polar surface area (TPSA) is 172 Å². The highest BCUT2D eigenvalue weighted by Crippen LogP contribution is 2.06. The molecule has 5 amide bonds. The molecule has 11 nitrogen and oxygen atoms in total. The van der Waals surface area contributed by atoms with Crippen molar-refractivity contribution < 1.29 is 24.0 Å². The van der Waals surface area contributed by atoms with Gasteiger partial charge in [-0.2, -0.15) is 0 Å². The van der Waals surface area contributed by atoms with E-state index in [-0.39, 0.29) is 25.3 Å². The molecular weight excluding hydrogens is 560 g/mol. The number of primary amides is 1. The minimum atomic E-state index is -1.04. The van der Waals surface area contributed by atoms with Crippen molar-refractivity contribution in [3.63, 3.8) is 0 Å². The number of benzene rings is 3. The first kappa shape index (κ1) is 33.5. The average Bonchev–Trinajstić information content (AvgIpc) is 3.03. The Morgan fingerprint density at radius 2 is 1.05 bits per heavy atom. The molecule has 7 N–H and O–H groups in total. The first-order valence-corrected chi connectivity index (χ1v) is 14.4. The van der Waals surface area contributed by atoms with Gasteiger partial charge in [-0.25, -0.2) is 0 Å². The lowest BCUT2D eigenvalue weighted by atomic mass is 10.0. The molecule has 3 aromatic carbocycles. The van der Waals surface area contributed by atoms with E-state index in [2.05, 4.69) is 26.6 Å². The van der Waals surface area contributed by atoms with E-state index >= 15 is 0 Å². The van der Waals surface area contributed by atoms with Gasteiger partial charge in [-0.1, -0.05) is 91.0 Å². The maximum atomic E-state index is 13.3. The first-order valence-electron chi connectivity index (χ1n) is 14.4. The van der Waals surface area contributed by atoms with Crippen molar-refractivity contribution in [2.45, 2.75) is 50.4 Å². The number of carbonyl (C=O) groups excluding carboxylic acids is 5. The summed E-state index contributed by atoms with van der Waals surface area (Å²) in [5, 5.41) is 13.5. The molecule has 0 aromatic heterocycles. The van der Waals surface area contributed by atoms with Gasteiger partial charge in [0.1, 0.15) is 18.1 Å². The van der Waals surface area contributed by atoms with Crippen molar-refractivity contribution in [1.82, 2.24) is 26.6 Å². The van der Waals surface area contributed by atoms with Gasteiger partial charge in [0.15, 0.2) is 0 Å². The zero-order valence-corrected chi connectivity index (χ0v) is 24.9. The summed E-state index contributed by atoms with van der Waals surface area (Å²) in [5.74, 6) is -2.85. The maximum Gasteiger partial charge on any atom is 0.243 e. The highest BCUT2D eigenvalue weighted by Gasteiger charge is 2.27. The van der Waals surface area contributed by atoms with E-state index in [1.165, 1.54) is 6.92 Å². The lowest BCUT2D eigenvalue weighted by Crippen LogP contribution is -2.57. The van der Waals surface area contributed by atoms with Crippen LogP contribution in [0, 0.1) is 0 Å². The molecule has 0 aliphatic rings. The number of hydrogen-bond acceptors (Lipinski definition) is 6. The van der Waals surface area contributed by atoms with E-state index in [0.29, 0.717) is 6.42 Å². The summed E-state index contributed by atoms with van der Waals surface area (Å²) in [4.78, 5) is 63.9. The standard InChI is InChI=1S/C33H40N6O5/c1-22(31(42)39-26(30(34)41)18-23-12-6-3-7-13-23)37-33(44)28(20-25-16-10-5-11-17-25)38-29(40)21-36-32(43)27(35-2)19-24-14-8-4-9-15-24/h3-17,22,26-28,35H,18-21H2,1-2H3,(H2,34,41)(H,36,43)(H,37,44)(H,38,40)(H,39,42)/t22-,26?,27?,28?/m0/s1. The van der Waals surface area contributed by atoms with Crippen LogP contribution in [-0.2, 0) is 43.2 Å². The Balaban J connectivity index is 1.60. The molecule has 4 atom stereocenters. The fraction of sp³-hybridized carbons (Fsp3) is 0.303. The molecule has 3 unspecified atom stereocenters. The minimum absolute atomic E-state index is 0.145. The number of amides is 5. The first-order chi connectivity index (χ1) is 21.2. The molecule has 3 aromatic rings. The van der Waals surface area contributed by atoms with Gasteiger partial charge in [0, 0.05) is 12.8 Å². The van der Waals surface area contributed by atoms with Crippen molar-refractivity contribution in [3.8, 4) is 0 Å². The molecule has 0 heterocycles. The Morgan fingerprint density at radius 1 is 0.591 bits per heavy atom. The zero-order chi connectivity index (χ0) is 31.9. The number of nitrogens with two attached hydrogens (primary N) is 1. The highest BCUT2D eigenvalue weighted by molar-refractivity contribution is 5.95. The monoisotopic (exact) mass is 600 g/mol. The van der Waals surface area contributed by atoms with E-state index in [4.69, 9.17) is 5.73 Å². The summed E-state index contributed by atoms with van der Waals surface area (Å²) in [6, 6.07) is 24.0. The molecule has 0 spiro atoms. The van der Waals surface area contributed by atoms with Gasteiger partial charge in [0.25, 0.3) is 0 Å². The van der Waals surface area contributed by atoms with Crippen LogP contribution in [0.25, 0.3) is 0 Å². The average molecular weight is 601 g/mol. The third kappa shape index (κ3) is 11.0. The van der Waals surface area contributed by atoms with Crippen LogP contribution in [0.1, 0.15) is 23.6 Å². The van der Waals surface area contributed by atoms with E-state index in [1.807, 2.05) is 91.0 Å². The molecule has 0 aliphatic carbocycles. The Labute approximate surface area is 257 Å². The summed E-state index contributed by atoms with van der Waals surface area (Å²) in [6.07, 6.45) is 0.776. The Morgan fingerprint density at radius 3 is 1.50 bits per heavy atom. The molecule has 0 saturated carbocycles. The highest BCUT2D eigenvalue weighted by atomic mass is 16.2. The van der Waals surface area contributed by atoms with Crippen LogP contribution in [0.4, 0.5) is 0 Å². The number of rotatable bonds is 16. The molecule has 0 aliphatic heterocycles. The molecule has 0 fully saturated rings. The van der Waals surface area contributed by atoms with Crippen LogP contribution in [0.3, 0.4) is 0 Å². The predicted molar refractivity (Wildman–Crippen MR) is 167 cm³/mol. The third-order valence-corrected chi connectivity index (χ3v) is 7.00. The van der Waals surface area contributed by atoms with Crippen LogP contribution < -0.4 is 32.3 Å². The molecule has 3 rings (SSSR count). The predicted octanol–water partition coefficient (Wildman–Crippen LogP) is 0.378. The van der Waals surface area contributed by atoms with E-state index in [0.717, 1.165) is 16.7 Å². The second-order valence-electron chi connectivity index (χ2n) is 10.4. The van der Waals surface area contributed by atoms with Gasteiger partial charge < -0.3 is 32.3 Å². The smallest absolute Gasteiger partial charge is 0.243 e. The van der Waals surface area contributed by atoms with Crippen molar-refractivity contribution in [2.24, 2.45) is 5.73 Å². The molecular formula is C33H40N6O5. The van der Waals surface area contributed by atoms with Crippen molar-refractivity contribution in [1.29, 1.82) is 0 Å². The number of carbonyl (C=O) groups is 5. The summed E-state index contributed by atoms with van der Waals surface area (Å²) < 4.78 is 0. The van der Waals surface area contributed by atoms with Crippen LogP contribution in [0.15, 0.2) is 91.0 Å². The van der Waals surface area contributed by atoms with E-state index < -0.39 is 47.8 Å². The number of hydrogen-bond donors (Lipinski definition) is 6. The van der Waals surface area contributed by atoms with Crippen LogP contribution in [0.2, 0.25) is 0 Å². The summed E-state index contributed by atoms with van der Waals surface area (Å²) >= 11 is 0. The Hall–Kier alpha value is -5.03. The van der Waals surface area contributed by atoms with E-state index in [9.17, 15) is 24.0 Å². The van der Waals surface area contributed by atoms with Gasteiger partial charge in [0.2, 0.25) is 29.5 Å². The Bertz CT molecular complexity index is 1390. The zero-order valence-electron chi connectivity index (χ0n) is 24.9. The molecule has 0 radical (unpaired) electrons. The number of likely N-dealkylation sites (N-methyl/N-ethyl adjacent to an activating group) is 1. The van der Waals surface area contributed by atoms with Crippen molar-refractivity contribution in [2.75, 3.05) is 13.6 Å². The lowest BCUT2D eigenvalue weighted by molar-refractivity contribution is -0.133. The molecule has 0 bridgehead atoms. The third-order valence-electron chi connectivity index (χ3n) is 7.00. The van der Waals surface area contributed by atoms with Gasteiger partial charge in [-0.15, -0.1) is 0 Å². The second kappa shape index (κ2) is 17.2. The van der Waals surface area contributed by atoms with Gasteiger partial charge in [0.05, 0.1) is 12.6 Å². The van der Waals surface area contributed by atoms with Crippen LogP contribution in [-0.4, -0.2) is 67.3 Å². The van der Waals surface area contributed by atoms with E-state index in [1.54, 1.807) is 7.05 Å². The largest absolute Gasteiger partial charge is 0.368 e. The normalized spacial score (nSPS) is 13.4. The van der Waals surface area contributed by atoms with Gasteiger partial charge in [-0.3, -0.25) is 24.0 Å². The minimum Gasteiger partial charge on any atom is -0.368 e. The number of nitrogens with one attached hydrogen (secondary N) is 5. The quantitative estimate of drug-likeness (QED) is 0.139. The molecule has 232 valence electrons. The molecule has 0 saturated heterocycles. The maximum absolute atomic E-state index is 13.3. The fourth-order valence-corrected chi connectivity index (χ4v) is 4.52. The molecule has 44 heavy (non-hydrogen) atoms.